The number of ether oxygens (including phenoxy) is 2. The predicted molar refractivity (Wildman–Crippen MR) is 106 cm³/mol. The molecular formula is C21H25N3O4. The van der Waals surface area contributed by atoms with Crippen LogP contribution in [0.4, 0.5) is 5.69 Å². The predicted octanol–water partition coefficient (Wildman–Crippen LogP) is 1.82. The molecule has 2 aromatic rings. The van der Waals surface area contributed by atoms with Gasteiger partial charge in [0, 0.05) is 25.3 Å². The number of methoxy groups -OCH3 is 1. The molecule has 1 fully saturated rings. The van der Waals surface area contributed by atoms with Gasteiger partial charge in [-0.2, -0.15) is 0 Å². The van der Waals surface area contributed by atoms with Crippen molar-refractivity contribution >= 4 is 17.5 Å². The van der Waals surface area contributed by atoms with Crippen molar-refractivity contribution in [1.29, 1.82) is 0 Å². The normalized spacial score (nSPS) is 15.5. The molecule has 7 heteroatoms. The summed E-state index contributed by atoms with van der Waals surface area (Å²) in [7, 11) is 1.62. The summed E-state index contributed by atoms with van der Waals surface area (Å²) in [6, 6.07) is 16.6. The van der Waals surface area contributed by atoms with Gasteiger partial charge in [0.05, 0.1) is 26.4 Å². The fraction of sp³-hybridized carbons (Fsp3) is 0.333. The van der Waals surface area contributed by atoms with E-state index in [1.807, 2.05) is 30.3 Å². The highest BCUT2D eigenvalue weighted by atomic mass is 16.5. The Balaban J connectivity index is 1.66. The highest BCUT2D eigenvalue weighted by Gasteiger charge is 2.25. The number of nitrogens with one attached hydrogen (secondary N) is 2. The summed E-state index contributed by atoms with van der Waals surface area (Å²) >= 11 is 0. The molecular weight excluding hydrogens is 358 g/mol. The molecule has 0 radical (unpaired) electrons. The van der Waals surface area contributed by atoms with Crippen molar-refractivity contribution in [1.82, 2.24) is 10.2 Å². The van der Waals surface area contributed by atoms with Gasteiger partial charge in [0.15, 0.2) is 0 Å². The van der Waals surface area contributed by atoms with Crippen molar-refractivity contribution in [2.24, 2.45) is 0 Å². The Morgan fingerprint density at radius 2 is 1.82 bits per heavy atom. The molecule has 1 aliphatic heterocycles. The summed E-state index contributed by atoms with van der Waals surface area (Å²) in [5.74, 6) is -0.591. The lowest BCUT2D eigenvalue weighted by atomic mass is 10.0. The van der Waals surface area contributed by atoms with E-state index in [0.29, 0.717) is 25.4 Å². The maximum atomic E-state index is 12.3. The standard InChI is InChI=1S/C21H25N3O4/c1-27-18-9-5-6-16(14-18)19(24-10-12-28-13-11-24)15-22-20(25)21(26)23-17-7-3-2-4-8-17/h2-9,14,19H,10-13,15H2,1H3,(H,22,25)(H,23,26)/t19-/m1/s1. The quantitative estimate of drug-likeness (QED) is 0.744. The van der Waals surface area contributed by atoms with E-state index < -0.39 is 11.8 Å². The summed E-state index contributed by atoms with van der Waals surface area (Å²) in [6.45, 7) is 3.11. The lowest BCUT2D eigenvalue weighted by Crippen LogP contribution is -2.45. The van der Waals surface area contributed by atoms with Crippen molar-refractivity contribution < 1.29 is 19.1 Å². The molecule has 7 nitrogen and oxygen atoms in total. The van der Waals surface area contributed by atoms with Crippen LogP contribution in [0.2, 0.25) is 0 Å². The second-order valence-electron chi connectivity index (χ2n) is 6.47. The number of benzene rings is 2. The number of hydrogen-bond donors (Lipinski definition) is 2. The van der Waals surface area contributed by atoms with Gasteiger partial charge in [-0.15, -0.1) is 0 Å². The van der Waals surface area contributed by atoms with Gasteiger partial charge in [-0.3, -0.25) is 14.5 Å². The zero-order valence-electron chi connectivity index (χ0n) is 15.9. The number of carbonyl (C=O) groups is 2. The first kappa shape index (κ1) is 19.9. The Kier molecular flexibility index (Phi) is 7.00. The topological polar surface area (TPSA) is 79.9 Å². The number of hydrogen-bond acceptors (Lipinski definition) is 5. The third-order valence-corrected chi connectivity index (χ3v) is 4.66. The van der Waals surface area contributed by atoms with Crippen molar-refractivity contribution in [3.63, 3.8) is 0 Å². The maximum Gasteiger partial charge on any atom is 0.313 e. The molecule has 1 atom stereocenters. The molecule has 0 bridgehead atoms. The third-order valence-electron chi connectivity index (χ3n) is 4.66. The molecule has 3 rings (SSSR count). The van der Waals surface area contributed by atoms with E-state index in [-0.39, 0.29) is 6.04 Å². The summed E-state index contributed by atoms with van der Waals surface area (Å²) in [5, 5.41) is 5.36. The summed E-state index contributed by atoms with van der Waals surface area (Å²) in [5.41, 5.74) is 1.60. The van der Waals surface area contributed by atoms with Crippen molar-refractivity contribution in [3.8, 4) is 5.75 Å². The molecule has 2 aromatic carbocycles. The van der Waals surface area contributed by atoms with E-state index >= 15 is 0 Å². The van der Waals surface area contributed by atoms with Crippen LogP contribution in [-0.2, 0) is 14.3 Å². The van der Waals surface area contributed by atoms with Crippen LogP contribution < -0.4 is 15.4 Å². The van der Waals surface area contributed by atoms with E-state index in [1.54, 1.807) is 31.4 Å². The minimum atomic E-state index is -0.683. The zero-order valence-corrected chi connectivity index (χ0v) is 15.9. The van der Waals surface area contributed by atoms with Gasteiger partial charge in [0.25, 0.3) is 0 Å². The molecule has 0 spiro atoms. The van der Waals surface area contributed by atoms with Crippen molar-refractivity contribution in [3.05, 3.63) is 60.2 Å². The minimum absolute atomic E-state index is 0.0764. The Bertz CT molecular complexity index is 791. The van der Waals surface area contributed by atoms with Crippen molar-refractivity contribution in [2.45, 2.75) is 6.04 Å². The first-order valence-electron chi connectivity index (χ1n) is 9.27. The molecule has 0 unspecified atom stereocenters. The van der Waals surface area contributed by atoms with Crippen LogP contribution in [-0.4, -0.2) is 56.7 Å². The smallest absolute Gasteiger partial charge is 0.313 e. The van der Waals surface area contributed by atoms with E-state index in [1.165, 1.54) is 0 Å². The Morgan fingerprint density at radius 1 is 1.07 bits per heavy atom. The number of rotatable bonds is 6. The number of para-hydroxylation sites is 1. The first-order chi connectivity index (χ1) is 13.7. The third kappa shape index (κ3) is 5.31. The van der Waals surface area contributed by atoms with Gasteiger partial charge in [-0.25, -0.2) is 0 Å². The molecule has 2 N–H and O–H groups in total. The summed E-state index contributed by atoms with van der Waals surface area (Å²) in [6.07, 6.45) is 0. The van der Waals surface area contributed by atoms with Crippen LogP contribution in [0.5, 0.6) is 5.75 Å². The van der Waals surface area contributed by atoms with Gasteiger partial charge >= 0.3 is 11.8 Å². The Morgan fingerprint density at radius 3 is 2.54 bits per heavy atom. The average molecular weight is 383 g/mol. The Hall–Kier alpha value is -2.90. The number of morpholine rings is 1. The number of nitrogens with zero attached hydrogens (tertiary/aromatic N) is 1. The van der Waals surface area contributed by atoms with Gasteiger partial charge in [-0.05, 0) is 29.8 Å². The van der Waals surface area contributed by atoms with Gasteiger partial charge in [0.1, 0.15) is 5.75 Å². The van der Waals surface area contributed by atoms with E-state index in [0.717, 1.165) is 24.4 Å². The Labute approximate surface area is 164 Å². The van der Waals surface area contributed by atoms with Crippen LogP contribution in [0.1, 0.15) is 11.6 Å². The second kappa shape index (κ2) is 9.87. The minimum Gasteiger partial charge on any atom is -0.497 e. The highest BCUT2D eigenvalue weighted by Crippen LogP contribution is 2.24. The monoisotopic (exact) mass is 383 g/mol. The molecule has 0 aromatic heterocycles. The van der Waals surface area contributed by atoms with Crippen molar-refractivity contribution in [2.75, 3.05) is 45.3 Å². The molecule has 1 heterocycles. The molecule has 2 amide bonds. The molecule has 1 aliphatic rings. The van der Waals surface area contributed by atoms with E-state index in [9.17, 15) is 9.59 Å². The van der Waals surface area contributed by atoms with Crippen LogP contribution in [0, 0.1) is 0 Å². The van der Waals surface area contributed by atoms with Crippen LogP contribution in [0.3, 0.4) is 0 Å². The fourth-order valence-corrected chi connectivity index (χ4v) is 3.17. The number of amides is 2. The maximum absolute atomic E-state index is 12.3. The molecule has 148 valence electrons. The highest BCUT2D eigenvalue weighted by molar-refractivity contribution is 6.39. The molecule has 0 saturated carbocycles. The van der Waals surface area contributed by atoms with Crippen LogP contribution in [0.25, 0.3) is 0 Å². The fourth-order valence-electron chi connectivity index (χ4n) is 3.17. The summed E-state index contributed by atoms with van der Waals surface area (Å²) < 4.78 is 10.8. The van der Waals surface area contributed by atoms with Crippen LogP contribution in [0.15, 0.2) is 54.6 Å². The van der Waals surface area contributed by atoms with Gasteiger partial charge < -0.3 is 20.1 Å². The average Bonchev–Trinajstić information content (AvgIpc) is 2.75. The molecule has 1 saturated heterocycles. The van der Waals surface area contributed by atoms with Crippen LogP contribution >= 0.6 is 0 Å². The van der Waals surface area contributed by atoms with E-state index in [2.05, 4.69) is 15.5 Å². The lowest BCUT2D eigenvalue weighted by molar-refractivity contribution is -0.136. The van der Waals surface area contributed by atoms with Gasteiger partial charge in [-0.1, -0.05) is 30.3 Å². The van der Waals surface area contributed by atoms with Gasteiger partial charge in [0.2, 0.25) is 0 Å². The second-order valence-corrected chi connectivity index (χ2v) is 6.47. The number of carbonyl (C=O) groups excluding carboxylic acids is 2. The molecule has 28 heavy (non-hydrogen) atoms. The molecule has 0 aliphatic carbocycles. The lowest BCUT2D eigenvalue weighted by Gasteiger charge is -2.35. The summed E-state index contributed by atoms with van der Waals surface area (Å²) in [4.78, 5) is 26.7. The van der Waals surface area contributed by atoms with E-state index in [4.69, 9.17) is 9.47 Å². The number of anilines is 1. The SMILES string of the molecule is COc1cccc([C@@H](CNC(=O)C(=O)Nc2ccccc2)N2CCOCC2)c1. The first-order valence-corrected chi connectivity index (χ1v) is 9.27. The largest absolute Gasteiger partial charge is 0.497 e. The zero-order chi connectivity index (χ0) is 19.8.